The maximum absolute atomic E-state index is 10.9. The summed E-state index contributed by atoms with van der Waals surface area (Å²) < 4.78 is 21.7. The van der Waals surface area contributed by atoms with Gasteiger partial charge in [-0.25, -0.2) is 4.79 Å². The third-order valence-corrected chi connectivity index (χ3v) is 5.22. The van der Waals surface area contributed by atoms with E-state index in [1.165, 1.54) is 19.2 Å². The fourth-order valence-corrected chi connectivity index (χ4v) is 2.72. The number of unbranched alkanes of at least 4 members (excludes halogenated alkanes) is 1. The topological polar surface area (TPSA) is 74.2 Å². The first-order chi connectivity index (χ1) is 11.8. The highest BCUT2D eigenvalue weighted by Crippen LogP contribution is 2.28. The Kier molecular flexibility index (Phi) is 9.55. The summed E-state index contributed by atoms with van der Waals surface area (Å²) in [6.45, 7) is 9.22. The van der Waals surface area contributed by atoms with E-state index in [4.69, 9.17) is 24.1 Å². The predicted octanol–water partition coefficient (Wildman–Crippen LogP) is 3.88. The van der Waals surface area contributed by atoms with Gasteiger partial charge in [0.25, 0.3) is 0 Å². The van der Waals surface area contributed by atoms with Gasteiger partial charge in [0.15, 0.2) is 11.5 Å². The summed E-state index contributed by atoms with van der Waals surface area (Å²) in [6.07, 6.45) is 1.70. The van der Waals surface area contributed by atoms with Gasteiger partial charge in [-0.3, -0.25) is 0 Å². The van der Waals surface area contributed by atoms with Gasteiger partial charge in [0.2, 0.25) is 0 Å². The van der Waals surface area contributed by atoms with E-state index in [0.29, 0.717) is 31.5 Å². The van der Waals surface area contributed by atoms with Gasteiger partial charge in [-0.2, -0.15) is 0 Å². The Morgan fingerprint density at radius 1 is 1.04 bits per heavy atom. The lowest BCUT2D eigenvalue weighted by atomic mass is 10.2. The normalized spacial score (nSPS) is 11.4. The molecule has 0 heterocycles. The number of hydrogen-bond donors (Lipinski definition) is 1. The van der Waals surface area contributed by atoms with Crippen LogP contribution in [0.5, 0.6) is 11.5 Å². The summed E-state index contributed by atoms with van der Waals surface area (Å²) in [5.41, 5.74) is 0.173. The van der Waals surface area contributed by atoms with E-state index in [0.717, 1.165) is 25.5 Å². The second-order valence-corrected chi connectivity index (χ2v) is 12.6. The first-order valence-electron chi connectivity index (χ1n) is 8.53. The number of carboxylic acids is 1. The molecule has 1 rings (SSSR count). The van der Waals surface area contributed by atoms with Gasteiger partial charge in [-0.1, -0.05) is 19.6 Å². The third kappa shape index (κ3) is 9.47. The van der Waals surface area contributed by atoms with Gasteiger partial charge < -0.3 is 24.1 Å². The molecule has 1 aromatic rings. The van der Waals surface area contributed by atoms with E-state index in [2.05, 4.69) is 19.6 Å². The molecule has 1 N–H and O–H groups in total. The van der Waals surface area contributed by atoms with Crippen molar-refractivity contribution in [2.45, 2.75) is 38.5 Å². The van der Waals surface area contributed by atoms with Gasteiger partial charge in [0, 0.05) is 21.3 Å². The average molecular weight is 371 g/mol. The number of hydrogen-bond acceptors (Lipinski definition) is 5. The quantitative estimate of drug-likeness (QED) is 0.323. The zero-order chi connectivity index (χ0) is 18.7. The molecular weight excluding hydrogens is 340 g/mol. The first-order valence-corrected chi connectivity index (χ1v) is 12.2. The number of ether oxygens (including phenoxy) is 4. The maximum Gasteiger partial charge on any atom is 0.335 e. The monoisotopic (exact) mass is 370 g/mol. The molecule has 7 heteroatoms. The number of carboxylic acid groups (broad SMARTS) is 1. The van der Waals surface area contributed by atoms with Crippen LogP contribution >= 0.6 is 0 Å². The van der Waals surface area contributed by atoms with Gasteiger partial charge in [0.1, 0.15) is 6.79 Å². The van der Waals surface area contributed by atoms with E-state index in [9.17, 15) is 4.79 Å². The minimum Gasteiger partial charge on any atom is -0.493 e. The van der Waals surface area contributed by atoms with Gasteiger partial charge in [-0.15, -0.1) is 0 Å². The summed E-state index contributed by atoms with van der Waals surface area (Å²) in [4.78, 5) is 10.9. The third-order valence-electron chi connectivity index (χ3n) is 3.51. The number of carbonyl (C=O) groups is 1. The maximum atomic E-state index is 10.9. The average Bonchev–Trinajstić information content (AvgIpc) is 2.55. The molecule has 0 saturated heterocycles. The molecular formula is C18H30O6Si. The molecule has 0 bridgehead atoms. The first kappa shape index (κ1) is 21.5. The molecule has 1 aromatic carbocycles. The fourth-order valence-electron chi connectivity index (χ4n) is 1.96. The molecule has 142 valence electrons. The van der Waals surface area contributed by atoms with Gasteiger partial charge in [-0.05, 0) is 37.1 Å². The summed E-state index contributed by atoms with van der Waals surface area (Å²) >= 11 is 0. The zero-order valence-electron chi connectivity index (χ0n) is 15.7. The second kappa shape index (κ2) is 11.1. The smallest absolute Gasteiger partial charge is 0.335 e. The van der Waals surface area contributed by atoms with Crippen molar-refractivity contribution in [1.29, 1.82) is 0 Å². The van der Waals surface area contributed by atoms with Crippen LogP contribution in [0.25, 0.3) is 0 Å². The molecule has 0 fully saturated rings. The molecule has 0 aliphatic carbocycles. The van der Waals surface area contributed by atoms with Crippen LogP contribution in [0.4, 0.5) is 0 Å². The zero-order valence-corrected chi connectivity index (χ0v) is 16.7. The van der Waals surface area contributed by atoms with Crippen LogP contribution in [0.3, 0.4) is 0 Å². The van der Waals surface area contributed by atoms with Crippen molar-refractivity contribution in [2.24, 2.45) is 0 Å². The SMILES string of the molecule is COc1cc(C(=O)O)ccc1OCCCCOCOCC[Si](C)(C)C. The van der Waals surface area contributed by atoms with Gasteiger partial charge in [0.05, 0.1) is 19.3 Å². The Labute approximate surface area is 151 Å². The standard InChI is InChI=1S/C18H30O6Si/c1-21-17-13-15(18(19)20)7-8-16(17)24-10-6-5-9-22-14-23-11-12-25(2,3)4/h7-8,13H,5-6,9-12,14H2,1-4H3,(H,19,20). The molecule has 6 nitrogen and oxygen atoms in total. The van der Waals surface area contributed by atoms with E-state index in [1.54, 1.807) is 6.07 Å². The van der Waals surface area contributed by atoms with Crippen LogP contribution < -0.4 is 9.47 Å². The highest BCUT2D eigenvalue weighted by Gasteiger charge is 2.12. The van der Waals surface area contributed by atoms with Crippen molar-refractivity contribution in [3.63, 3.8) is 0 Å². The lowest BCUT2D eigenvalue weighted by Crippen LogP contribution is -2.22. The van der Waals surface area contributed by atoms with Crippen LogP contribution in [-0.4, -0.2) is 52.9 Å². The number of aromatic carboxylic acids is 1. The fraction of sp³-hybridized carbons (Fsp3) is 0.611. The Hall–Kier alpha value is -1.57. The summed E-state index contributed by atoms with van der Waals surface area (Å²) in [5.74, 6) is -0.0240. The van der Waals surface area contributed by atoms with Crippen molar-refractivity contribution in [1.82, 2.24) is 0 Å². The van der Waals surface area contributed by atoms with Crippen LogP contribution in [0.1, 0.15) is 23.2 Å². The second-order valence-electron chi connectivity index (χ2n) is 6.97. The van der Waals surface area contributed by atoms with Crippen LogP contribution in [0.2, 0.25) is 25.7 Å². The van der Waals surface area contributed by atoms with E-state index in [-0.39, 0.29) is 5.56 Å². The van der Waals surface area contributed by atoms with Gasteiger partial charge >= 0.3 is 5.97 Å². The molecule has 0 amide bonds. The molecule has 0 aliphatic rings. The van der Waals surface area contributed by atoms with Crippen LogP contribution in [0.15, 0.2) is 18.2 Å². The summed E-state index contributed by atoms with van der Waals surface area (Å²) in [7, 11) is 0.457. The van der Waals surface area contributed by atoms with Crippen LogP contribution in [0, 0.1) is 0 Å². The Balaban J connectivity index is 2.13. The molecule has 25 heavy (non-hydrogen) atoms. The van der Waals surface area contributed by atoms with E-state index >= 15 is 0 Å². The Morgan fingerprint density at radius 3 is 2.36 bits per heavy atom. The molecule has 0 spiro atoms. The highest BCUT2D eigenvalue weighted by atomic mass is 28.3. The van der Waals surface area contributed by atoms with Crippen molar-refractivity contribution in [2.75, 3.05) is 33.7 Å². The highest BCUT2D eigenvalue weighted by molar-refractivity contribution is 6.76. The largest absolute Gasteiger partial charge is 0.493 e. The Morgan fingerprint density at radius 2 is 1.72 bits per heavy atom. The molecule has 0 atom stereocenters. The van der Waals surface area contributed by atoms with Crippen molar-refractivity contribution >= 4 is 14.0 Å². The molecule has 0 aromatic heterocycles. The van der Waals surface area contributed by atoms with Crippen molar-refractivity contribution in [3.05, 3.63) is 23.8 Å². The molecule has 0 unspecified atom stereocenters. The number of benzene rings is 1. The minimum absolute atomic E-state index is 0.173. The van der Waals surface area contributed by atoms with Crippen LogP contribution in [-0.2, 0) is 9.47 Å². The molecule has 0 radical (unpaired) electrons. The predicted molar refractivity (Wildman–Crippen MR) is 99.6 cm³/mol. The van der Waals surface area contributed by atoms with E-state index in [1.807, 2.05) is 0 Å². The summed E-state index contributed by atoms with van der Waals surface area (Å²) in [6, 6.07) is 5.72. The summed E-state index contributed by atoms with van der Waals surface area (Å²) in [5, 5.41) is 8.97. The number of methoxy groups -OCH3 is 1. The molecule has 0 aliphatic heterocycles. The number of rotatable bonds is 13. The lowest BCUT2D eigenvalue weighted by Gasteiger charge is -2.15. The van der Waals surface area contributed by atoms with Crippen molar-refractivity contribution < 1.29 is 28.8 Å². The minimum atomic E-state index is -1.03. The van der Waals surface area contributed by atoms with E-state index < -0.39 is 14.0 Å². The van der Waals surface area contributed by atoms with Crippen molar-refractivity contribution in [3.8, 4) is 11.5 Å². The lowest BCUT2D eigenvalue weighted by molar-refractivity contribution is -0.0507. The Bertz CT molecular complexity index is 527. The molecule has 0 saturated carbocycles.